The van der Waals surface area contributed by atoms with Gasteiger partial charge in [0.05, 0.1) is 0 Å². The average Bonchev–Trinajstić information content (AvgIpc) is 1.63. The third kappa shape index (κ3) is 4.88. The molecule has 0 aromatic heterocycles. The van der Waals surface area contributed by atoms with Crippen molar-refractivity contribution >= 4 is 0 Å². The largest absolute Gasteiger partial charge is 0.399 e. The minimum absolute atomic E-state index is 0.755. The van der Waals surface area contributed by atoms with E-state index in [1.165, 1.54) is 0 Å². The molecule has 0 radical (unpaired) electrons. The van der Waals surface area contributed by atoms with E-state index in [9.17, 15) is 0 Å². The van der Waals surface area contributed by atoms with Crippen molar-refractivity contribution in [3.8, 4) is 0 Å². The van der Waals surface area contributed by atoms with Crippen LogP contribution < -0.4 is 5.73 Å². The second-order valence-electron chi connectivity index (χ2n) is 1.99. The van der Waals surface area contributed by atoms with E-state index in [2.05, 4.69) is 6.58 Å². The number of rotatable bonds is 2. The van der Waals surface area contributed by atoms with Crippen molar-refractivity contribution < 1.29 is 0 Å². The van der Waals surface area contributed by atoms with E-state index in [-0.39, 0.29) is 0 Å². The van der Waals surface area contributed by atoms with Gasteiger partial charge in [0.25, 0.3) is 0 Å². The Balaban J connectivity index is 4.00. The molecule has 0 spiro atoms. The lowest BCUT2D eigenvalue weighted by atomic mass is 10.2. The molecule has 50 valence electrons. The van der Waals surface area contributed by atoms with Gasteiger partial charge in [-0.3, -0.25) is 0 Å². The summed E-state index contributed by atoms with van der Waals surface area (Å²) in [5, 5.41) is 0. The second kappa shape index (κ2) is 3.96. The van der Waals surface area contributed by atoms with Crippen LogP contribution in [-0.2, 0) is 0 Å². The molecular formula is C8H13N. The summed E-state index contributed by atoms with van der Waals surface area (Å²) in [5.41, 5.74) is 7.23. The van der Waals surface area contributed by atoms with Gasteiger partial charge in [-0.1, -0.05) is 18.2 Å². The fraction of sp³-hybridized carbons (Fsp3) is 0.250. The first-order valence-corrected chi connectivity index (χ1v) is 2.92. The summed E-state index contributed by atoms with van der Waals surface area (Å²) < 4.78 is 0. The molecule has 9 heavy (non-hydrogen) atoms. The maximum Gasteiger partial charge on any atom is 0.0313 e. The van der Waals surface area contributed by atoms with Crippen molar-refractivity contribution in [1.82, 2.24) is 0 Å². The molecule has 2 N–H and O–H groups in total. The zero-order valence-corrected chi connectivity index (χ0v) is 6.02. The van der Waals surface area contributed by atoms with Gasteiger partial charge < -0.3 is 5.73 Å². The molecule has 0 unspecified atom stereocenters. The highest BCUT2D eigenvalue weighted by atomic mass is 14.5. The lowest BCUT2D eigenvalue weighted by Gasteiger charge is -1.89. The Morgan fingerprint density at radius 2 is 2.11 bits per heavy atom. The van der Waals surface area contributed by atoms with Gasteiger partial charge >= 0.3 is 0 Å². The molecular weight excluding hydrogens is 110 g/mol. The molecule has 0 saturated heterocycles. The fourth-order valence-electron chi connectivity index (χ4n) is 0.525. The van der Waals surface area contributed by atoms with Crippen LogP contribution >= 0.6 is 0 Å². The quantitative estimate of drug-likeness (QED) is 0.558. The van der Waals surface area contributed by atoms with Gasteiger partial charge in [-0.25, -0.2) is 0 Å². The maximum atomic E-state index is 5.50. The molecule has 0 aromatic carbocycles. The molecule has 1 nitrogen and oxygen atoms in total. The van der Waals surface area contributed by atoms with Gasteiger partial charge in [0.2, 0.25) is 0 Å². The monoisotopic (exact) mass is 123 g/mol. The zero-order valence-electron chi connectivity index (χ0n) is 6.02. The second-order valence-corrected chi connectivity index (χ2v) is 1.99. The Hall–Kier alpha value is -0.980. The van der Waals surface area contributed by atoms with Crippen molar-refractivity contribution in [2.24, 2.45) is 5.73 Å². The Labute approximate surface area is 56.6 Å². The van der Waals surface area contributed by atoms with Crippen LogP contribution in [0, 0.1) is 0 Å². The van der Waals surface area contributed by atoms with Gasteiger partial charge in [0, 0.05) is 5.70 Å². The van der Waals surface area contributed by atoms with Crippen molar-refractivity contribution in [3.05, 3.63) is 36.1 Å². The van der Waals surface area contributed by atoms with Gasteiger partial charge in [0.1, 0.15) is 0 Å². The van der Waals surface area contributed by atoms with Crippen LogP contribution in [0.25, 0.3) is 0 Å². The van der Waals surface area contributed by atoms with E-state index < -0.39 is 0 Å². The topological polar surface area (TPSA) is 26.0 Å². The van der Waals surface area contributed by atoms with E-state index in [1.807, 2.05) is 32.1 Å². The molecule has 0 saturated carbocycles. The van der Waals surface area contributed by atoms with Crippen molar-refractivity contribution in [3.63, 3.8) is 0 Å². The van der Waals surface area contributed by atoms with Crippen molar-refractivity contribution in [2.45, 2.75) is 13.8 Å². The van der Waals surface area contributed by atoms with Gasteiger partial charge in [-0.05, 0) is 26.0 Å². The molecule has 0 aliphatic rings. The van der Waals surface area contributed by atoms with E-state index in [1.54, 1.807) is 0 Å². The van der Waals surface area contributed by atoms with Crippen LogP contribution in [0.5, 0.6) is 0 Å². The fourth-order valence-corrected chi connectivity index (χ4v) is 0.525. The zero-order chi connectivity index (χ0) is 7.28. The third-order valence-electron chi connectivity index (χ3n) is 0.772. The third-order valence-corrected chi connectivity index (χ3v) is 0.772. The lowest BCUT2D eigenvalue weighted by Crippen LogP contribution is -1.91. The average molecular weight is 123 g/mol. The lowest BCUT2D eigenvalue weighted by molar-refractivity contribution is 1.38. The van der Waals surface area contributed by atoms with E-state index in [0.29, 0.717) is 0 Å². The normalized spacial score (nSPS) is 12.4. The standard InChI is InChI=1S/C8H13N/c1-4-5-8(9)6-7(2)3/h4-6H,2,9H2,1,3H3/b5-4-,8-6+. The molecule has 1 heteroatoms. The van der Waals surface area contributed by atoms with Crippen LogP contribution in [0.4, 0.5) is 0 Å². The summed E-state index contributed by atoms with van der Waals surface area (Å²) in [5.74, 6) is 0. The SMILES string of the molecule is C=C(C)/C=C(N)\C=C/C. The smallest absolute Gasteiger partial charge is 0.0313 e. The van der Waals surface area contributed by atoms with Crippen LogP contribution in [-0.4, -0.2) is 0 Å². The minimum Gasteiger partial charge on any atom is -0.399 e. The number of nitrogens with two attached hydrogens (primary N) is 1. The van der Waals surface area contributed by atoms with Gasteiger partial charge in [0.15, 0.2) is 0 Å². The van der Waals surface area contributed by atoms with E-state index in [0.717, 1.165) is 11.3 Å². The van der Waals surface area contributed by atoms with Crippen LogP contribution in [0.2, 0.25) is 0 Å². The van der Waals surface area contributed by atoms with Gasteiger partial charge in [-0.2, -0.15) is 0 Å². The summed E-state index contributed by atoms with van der Waals surface area (Å²) in [4.78, 5) is 0. The van der Waals surface area contributed by atoms with Crippen molar-refractivity contribution in [1.29, 1.82) is 0 Å². The molecule has 0 heterocycles. The number of allylic oxidation sites excluding steroid dienone is 4. The first-order chi connectivity index (χ1) is 4.16. The molecule has 0 amide bonds. The maximum absolute atomic E-state index is 5.50. The Bertz CT molecular complexity index is 152. The summed E-state index contributed by atoms with van der Waals surface area (Å²) >= 11 is 0. The molecule has 0 bridgehead atoms. The Morgan fingerprint density at radius 1 is 1.56 bits per heavy atom. The summed E-state index contributed by atoms with van der Waals surface area (Å²) in [7, 11) is 0. The summed E-state index contributed by atoms with van der Waals surface area (Å²) in [6.45, 7) is 7.53. The Morgan fingerprint density at radius 3 is 2.44 bits per heavy atom. The summed E-state index contributed by atoms with van der Waals surface area (Å²) in [6, 6.07) is 0. The van der Waals surface area contributed by atoms with Crippen molar-refractivity contribution in [2.75, 3.05) is 0 Å². The highest BCUT2D eigenvalue weighted by Gasteiger charge is 1.78. The molecule has 0 fully saturated rings. The highest BCUT2D eigenvalue weighted by Crippen LogP contribution is 1.94. The van der Waals surface area contributed by atoms with E-state index in [4.69, 9.17) is 5.73 Å². The van der Waals surface area contributed by atoms with E-state index >= 15 is 0 Å². The first kappa shape index (κ1) is 8.02. The Kier molecular flexibility index (Phi) is 3.52. The molecule has 0 aliphatic heterocycles. The predicted octanol–water partition coefficient (Wildman–Crippen LogP) is 1.98. The van der Waals surface area contributed by atoms with Gasteiger partial charge in [-0.15, -0.1) is 0 Å². The van der Waals surface area contributed by atoms with Crippen LogP contribution in [0.1, 0.15) is 13.8 Å². The first-order valence-electron chi connectivity index (χ1n) is 2.92. The number of hydrogen-bond donors (Lipinski definition) is 1. The number of hydrogen-bond acceptors (Lipinski definition) is 1. The molecule has 0 aromatic rings. The van der Waals surface area contributed by atoms with Crippen LogP contribution in [0.15, 0.2) is 36.1 Å². The molecule has 0 rings (SSSR count). The minimum atomic E-state index is 0.755. The summed E-state index contributed by atoms with van der Waals surface area (Å²) in [6.07, 6.45) is 5.57. The molecule has 0 atom stereocenters. The van der Waals surface area contributed by atoms with Crippen LogP contribution in [0.3, 0.4) is 0 Å². The predicted molar refractivity (Wildman–Crippen MR) is 41.9 cm³/mol. The molecule has 0 aliphatic carbocycles. The highest BCUT2D eigenvalue weighted by molar-refractivity contribution is 5.24.